The van der Waals surface area contributed by atoms with E-state index in [1.165, 1.54) is 14.2 Å². The normalized spacial score (nSPS) is 20.9. The van der Waals surface area contributed by atoms with E-state index < -0.39 is 30.3 Å². The second-order valence-corrected chi connectivity index (χ2v) is 17.9. The molecule has 4 N–H and O–H groups in total. The third-order valence-electron chi connectivity index (χ3n) is 12.9. The second kappa shape index (κ2) is 19.1. The molecule has 346 valence electrons. The van der Waals surface area contributed by atoms with Gasteiger partial charge < -0.3 is 49.3 Å². The number of benzene rings is 3. The van der Waals surface area contributed by atoms with Crippen LogP contribution in [0.1, 0.15) is 86.6 Å². The van der Waals surface area contributed by atoms with E-state index in [9.17, 15) is 19.2 Å². The minimum absolute atomic E-state index is 0.000762. The summed E-state index contributed by atoms with van der Waals surface area (Å²) in [4.78, 5) is 73.2. The fourth-order valence-electron chi connectivity index (χ4n) is 9.46. The summed E-state index contributed by atoms with van der Waals surface area (Å²) in [5.74, 6) is 1.15. The molecule has 0 radical (unpaired) electrons. The Morgan fingerprint density at radius 2 is 1.68 bits per heavy atom. The lowest BCUT2D eigenvalue weighted by atomic mass is 9.92. The van der Waals surface area contributed by atoms with Crippen LogP contribution in [0.4, 0.5) is 9.59 Å². The second-order valence-electron chi connectivity index (χ2n) is 17.5. The number of carbonyl (C=O) groups is 4. The van der Waals surface area contributed by atoms with Crippen molar-refractivity contribution < 1.29 is 38.1 Å². The van der Waals surface area contributed by atoms with Gasteiger partial charge in [-0.25, -0.2) is 19.6 Å². The van der Waals surface area contributed by atoms with Gasteiger partial charge in [-0.15, -0.1) is 0 Å². The summed E-state index contributed by atoms with van der Waals surface area (Å²) in [6.07, 6.45) is 2.54. The molecule has 3 aliphatic heterocycles. The van der Waals surface area contributed by atoms with Crippen molar-refractivity contribution in [3.05, 3.63) is 113 Å². The fourth-order valence-corrected chi connectivity index (χ4v) is 9.72. The average Bonchev–Trinajstić information content (AvgIpc) is 4.12. The molecule has 0 bridgehead atoms. The summed E-state index contributed by atoms with van der Waals surface area (Å²) in [6.45, 7) is 15.6. The van der Waals surface area contributed by atoms with Crippen LogP contribution < -0.4 is 15.4 Å². The first kappa shape index (κ1) is 45.9. The number of aromatic nitrogens is 4. The number of nitrogens with zero attached hydrogens (tertiary/aromatic N) is 4. The molecule has 5 aromatic rings. The molecule has 0 saturated carbocycles. The van der Waals surface area contributed by atoms with Gasteiger partial charge in [0.1, 0.15) is 46.9 Å². The van der Waals surface area contributed by atoms with E-state index in [1.54, 1.807) is 36.3 Å². The predicted molar refractivity (Wildman–Crippen MR) is 250 cm³/mol. The highest BCUT2D eigenvalue weighted by molar-refractivity contribution is 6.31. The Hall–Kier alpha value is -6.65. The lowest BCUT2D eigenvalue weighted by Gasteiger charge is -2.32. The van der Waals surface area contributed by atoms with E-state index >= 15 is 0 Å². The third-order valence-corrected chi connectivity index (χ3v) is 13.1. The predicted octanol–water partition coefficient (Wildman–Crippen LogP) is 8.20. The van der Waals surface area contributed by atoms with Crippen LogP contribution in [0.3, 0.4) is 0 Å². The van der Waals surface area contributed by atoms with E-state index in [1.807, 2.05) is 62.1 Å². The molecule has 8 rings (SSSR count). The number of likely N-dealkylation sites (tertiary alicyclic amines) is 2. The number of methoxy groups -OCH3 is 3. The van der Waals surface area contributed by atoms with E-state index in [0.717, 1.165) is 51.4 Å². The van der Waals surface area contributed by atoms with Crippen LogP contribution in [0.5, 0.6) is 5.75 Å². The lowest BCUT2D eigenvalue weighted by Crippen LogP contribution is -2.52. The van der Waals surface area contributed by atoms with Crippen molar-refractivity contribution >= 4 is 68.6 Å². The number of H-pyrrole nitrogens is 2. The number of aromatic amines is 2. The number of alkyl carbamates (subject to hydrolysis) is 2. The van der Waals surface area contributed by atoms with Crippen molar-refractivity contribution in [2.24, 2.45) is 11.8 Å². The van der Waals surface area contributed by atoms with Crippen molar-refractivity contribution in [2.75, 3.05) is 41.1 Å². The standard InChI is InChI=1S/C49H55ClN8O8/c1-25(2)39(54-48(61)64-7)47(60)58-27(4)14-17-36(58)44-51-35-16-15-31-20-33-28(5)32(24-66-38(33)21-34(31)42(35)53-44)18-26(3)40-43(50)56-45(52-40)37-19-29(23-63-6)22-57(37)46(59)41(55-49(62)65-8)30-12-10-9-11-13-30/h9-13,15-16,18,20-21,25,27,29,36-37,39,41H,3,5,14,17,19,22-24H2,1-2,4,6-8H3,(H,51,53)(H,52,56)(H,54,61)(H,55,62)/b32-18-/t27-,29-,36-,37-,39-,41+/m0/s1. The Morgan fingerprint density at radius 3 is 2.39 bits per heavy atom. The van der Waals surface area contributed by atoms with Crippen LogP contribution in [0.15, 0.2) is 79.4 Å². The SMILES string of the molecule is C=C1/C(=C\C(=C)c2nc([C@@H]3C[C@H](COC)CN3C(=O)[C@H](NC(=O)OC)c3ccccc3)[nH]c2Cl)COc2cc3c(ccc4[nH]c([C@@H]5CC[C@H](C)N5C(=O)[C@@H](NC(=O)OC)C(C)C)nc43)cc21. The van der Waals surface area contributed by atoms with Gasteiger partial charge in [-0.1, -0.05) is 75.0 Å². The minimum atomic E-state index is -1.00. The molecule has 2 aromatic heterocycles. The molecule has 3 aromatic carbocycles. The highest BCUT2D eigenvalue weighted by Gasteiger charge is 2.43. The minimum Gasteiger partial charge on any atom is -0.488 e. The van der Waals surface area contributed by atoms with Gasteiger partial charge in [-0.05, 0) is 84.0 Å². The maximum absolute atomic E-state index is 14.3. The van der Waals surface area contributed by atoms with E-state index in [0.29, 0.717) is 53.8 Å². The lowest BCUT2D eigenvalue weighted by molar-refractivity contribution is -0.137. The molecular formula is C49H55ClN8O8. The molecule has 0 unspecified atom stereocenters. The first-order valence-electron chi connectivity index (χ1n) is 22.0. The largest absolute Gasteiger partial charge is 0.488 e. The average molecular weight is 919 g/mol. The molecule has 66 heavy (non-hydrogen) atoms. The number of fused-ring (bicyclic) bond motifs is 4. The van der Waals surface area contributed by atoms with Crippen molar-refractivity contribution in [3.63, 3.8) is 0 Å². The molecule has 17 heteroatoms. The highest BCUT2D eigenvalue weighted by Crippen LogP contribution is 2.43. The summed E-state index contributed by atoms with van der Waals surface area (Å²) in [6, 6.07) is 14.4. The zero-order valence-electron chi connectivity index (χ0n) is 37.9. The molecule has 5 heterocycles. The summed E-state index contributed by atoms with van der Waals surface area (Å²) >= 11 is 6.85. The van der Waals surface area contributed by atoms with Gasteiger partial charge in [0.05, 0.1) is 43.9 Å². The van der Waals surface area contributed by atoms with Gasteiger partial charge in [0.15, 0.2) is 0 Å². The number of amides is 4. The highest BCUT2D eigenvalue weighted by atomic mass is 35.5. The third kappa shape index (κ3) is 8.86. The first-order valence-corrected chi connectivity index (χ1v) is 22.4. The van der Waals surface area contributed by atoms with Crippen LogP contribution >= 0.6 is 11.6 Å². The van der Waals surface area contributed by atoms with Gasteiger partial charge in [-0.2, -0.15) is 0 Å². The van der Waals surface area contributed by atoms with Crippen LogP contribution in [0.2, 0.25) is 5.15 Å². The molecule has 2 fully saturated rings. The van der Waals surface area contributed by atoms with Crippen LogP contribution in [0, 0.1) is 11.8 Å². The Kier molecular flexibility index (Phi) is 13.3. The molecule has 16 nitrogen and oxygen atoms in total. The maximum Gasteiger partial charge on any atom is 0.407 e. The number of hydrogen-bond donors (Lipinski definition) is 4. The molecule has 0 aliphatic carbocycles. The number of ether oxygens (including phenoxy) is 4. The number of hydrogen-bond acceptors (Lipinski definition) is 10. The molecule has 2 saturated heterocycles. The smallest absolute Gasteiger partial charge is 0.407 e. The fraction of sp³-hybridized carbons (Fsp3) is 0.388. The molecular weight excluding hydrogens is 864 g/mol. The molecule has 6 atom stereocenters. The van der Waals surface area contributed by atoms with Gasteiger partial charge in [0.2, 0.25) is 5.91 Å². The van der Waals surface area contributed by atoms with Crippen LogP contribution in [-0.4, -0.2) is 107 Å². The molecule has 3 aliphatic rings. The van der Waals surface area contributed by atoms with Gasteiger partial charge >= 0.3 is 12.2 Å². The van der Waals surface area contributed by atoms with Crippen molar-refractivity contribution in [1.82, 2.24) is 40.4 Å². The Labute approximate surface area is 387 Å². The molecule has 4 amide bonds. The summed E-state index contributed by atoms with van der Waals surface area (Å²) in [5, 5.41) is 7.50. The molecule has 0 spiro atoms. The van der Waals surface area contributed by atoms with Crippen molar-refractivity contribution in [3.8, 4) is 5.75 Å². The zero-order valence-corrected chi connectivity index (χ0v) is 38.7. The maximum atomic E-state index is 14.3. The van der Waals surface area contributed by atoms with E-state index in [2.05, 4.69) is 33.8 Å². The van der Waals surface area contributed by atoms with Crippen molar-refractivity contribution in [1.29, 1.82) is 0 Å². The Balaban J connectivity index is 1.03. The van der Waals surface area contributed by atoms with Crippen LogP contribution in [0.25, 0.3) is 33.0 Å². The number of imidazole rings is 2. The number of rotatable bonds is 12. The summed E-state index contributed by atoms with van der Waals surface area (Å²) in [7, 11) is 4.16. The Bertz CT molecular complexity index is 2750. The summed E-state index contributed by atoms with van der Waals surface area (Å²) < 4.78 is 21.6. The quantitative estimate of drug-likeness (QED) is 0.0948. The van der Waals surface area contributed by atoms with Gasteiger partial charge in [0.25, 0.3) is 5.91 Å². The van der Waals surface area contributed by atoms with Gasteiger partial charge in [-0.3, -0.25) is 9.59 Å². The van der Waals surface area contributed by atoms with Crippen LogP contribution in [-0.2, 0) is 23.8 Å². The number of nitrogens with one attached hydrogen (secondary N) is 4. The zero-order chi connectivity index (χ0) is 47.0. The number of allylic oxidation sites excluding steroid dienone is 2. The monoisotopic (exact) mass is 918 g/mol. The number of carbonyl (C=O) groups excluding carboxylic acids is 4. The Morgan fingerprint density at radius 1 is 0.955 bits per heavy atom. The van der Waals surface area contributed by atoms with E-state index in [4.69, 9.17) is 40.5 Å². The topological polar surface area (TPSA) is 193 Å². The van der Waals surface area contributed by atoms with E-state index in [-0.39, 0.29) is 47.5 Å². The number of halogens is 1. The van der Waals surface area contributed by atoms with Crippen molar-refractivity contribution in [2.45, 2.75) is 70.2 Å². The first-order chi connectivity index (χ1) is 31.7. The van der Waals surface area contributed by atoms with Gasteiger partial charge in [0, 0.05) is 36.6 Å². The summed E-state index contributed by atoms with van der Waals surface area (Å²) in [5.41, 5.74) is 5.48.